The van der Waals surface area contributed by atoms with Gasteiger partial charge in [-0.05, 0) is 18.9 Å². The van der Waals surface area contributed by atoms with Gasteiger partial charge in [0.25, 0.3) is 0 Å². The van der Waals surface area contributed by atoms with Crippen molar-refractivity contribution in [3.05, 3.63) is 47.6 Å². The molecule has 1 aliphatic heterocycles. The van der Waals surface area contributed by atoms with Crippen molar-refractivity contribution >= 4 is 5.91 Å². The largest absolute Gasteiger partial charge is 0.392 e. The van der Waals surface area contributed by atoms with Crippen LogP contribution in [0.5, 0.6) is 0 Å². The number of hydrogen-bond donors (Lipinski definition) is 3. The molecule has 2 heterocycles. The van der Waals surface area contributed by atoms with Crippen LogP contribution in [0.15, 0.2) is 34.9 Å². The highest BCUT2D eigenvalue weighted by molar-refractivity contribution is 5.82. The number of benzene rings is 1. The number of aromatic nitrogens is 2. The maximum atomic E-state index is 12.1. The molecule has 2 aromatic rings. The molecular formula is C16H20N4O3. The standard InChI is InChI=1S/C16H20N4O3/c1-10(18-16(22)13-8-12(21)9-17-13)15-19-14(23-20-15)7-11-5-3-2-4-6-11/h2-6,10,12-13,17,21H,7-9H2,1H3,(H,18,22). The van der Waals surface area contributed by atoms with Crippen LogP contribution in [0.3, 0.4) is 0 Å². The summed E-state index contributed by atoms with van der Waals surface area (Å²) in [6.45, 7) is 2.25. The zero-order chi connectivity index (χ0) is 16.2. The smallest absolute Gasteiger partial charge is 0.237 e. The van der Waals surface area contributed by atoms with E-state index in [0.717, 1.165) is 5.56 Å². The van der Waals surface area contributed by atoms with E-state index < -0.39 is 6.10 Å². The molecular weight excluding hydrogens is 296 g/mol. The van der Waals surface area contributed by atoms with E-state index >= 15 is 0 Å². The lowest BCUT2D eigenvalue weighted by Gasteiger charge is -2.14. The molecule has 0 aliphatic carbocycles. The van der Waals surface area contributed by atoms with Gasteiger partial charge in [-0.1, -0.05) is 35.5 Å². The quantitative estimate of drug-likeness (QED) is 0.745. The van der Waals surface area contributed by atoms with E-state index in [4.69, 9.17) is 4.52 Å². The van der Waals surface area contributed by atoms with Crippen LogP contribution in [0.25, 0.3) is 0 Å². The van der Waals surface area contributed by atoms with Crippen molar-refractivity contribution in [1.82, 2.24) is 20.8 Å². The first-order valence-electron chi connectivity index (χ1n) is 7.70. The number of amides is 1. The molecule has 1 aromatic heterocycles. The van der Waals surface area contributed by atoms with Crippen molar-refractivity contribution in [2.45, 2.75) is 38.0 Å². The number of carbonyl (C=O) groups excluding carboxylic acids is 1. The summed E-state index contributed by atoms with van der Waals surface area (Å²) in [6.07, 6.45) is 0.512. The van der Waals surface area contributed by atoms with Crippen molar-refractivity contribution in [2.75, 3.05) is 6.54 Å². The minimum atomic E-state index is -0.469. The number of nitrogens with zero attached hydrogens (tertiary/aromatic N) is 2. The molecule has 1 aromatic carbocycles. The fourth-order valence-electron chi connectivity index (χ4n) is 2.58. The Morgan fingerprint density at radius 3 is 2.96 bits per heavy atom. The number of hydrogen-bond acceptors (Lipinski definition) is 6. The van der Waals surface area contributed by atoms with Crippen LogP contribution in [0.1, 0.15) is 36.7 Å². The molecule has 23 heavy (non-hydrogen) atoms. The number of rotatable bonds is 5. The van der Waals surface area contributed by atoms with Crippen LogP contribution in [0.4, 0.5) is 0 Å². The molecule has 0 spiro atoms. The average molecular weight is 316 g/mol. The van der Waals surface area contributed by atoms with E-state index in [0.29, 0.717) is 31.1 Å². The highest BCUT2D eigenvalue weighted by Crippen LogP contribution is 2.13. The van der Waals surface area contributed by atoms with Gasteiger partial charge in [-0.2, -0.15) is 4.98 Å². The number of nitrogens with one attached hydrogen (secondary N) is 2. The Hall–Kier alpha value is -2.25. The molecule has 0 radical (unpaired) electrons. The van der Waals surface area contributed by atoms with E-state index in [-0.39, 0.29) is 18.0 Å². The Kier molecular flexibility index (Phi) is 4.68. The van der Waals surface area contributed by atoms with E-state index in [2.05, 4.69) is 20.8 Å². The molecule has 7 nitrogen and oxygen atoms in total. The minimum Gasteiger partial charge on any atom is -0.392 e. The molecule has 1 fully saturated rings. The van der Waals surface area contributed by atoms with Crippen molar-refractivity contribution in [3.63, 3.8) is 0 Å². The Labute approximate surface area is 134 Å². The molecule has 122 valence electrons. The van der Waals surface area contributed by atoms with Gasteiger partial charge >= 0.3 is 0 Å². The van der Waals surface area contributed by atoms with Gasteiger partial charge in [0.2, 0.25) is 11.8 Å². The van der Waals surface area contributed by atoms with Gasteiger partial charge in [0.15, 0.2) is 5.82 Å². The van der Waals surface area contributed by atoms with Gasteiger partial charge in [0.1, 0.15) is 0 Å². The zero-order valence-electron chi connectivity index (χ0n) is 12.9. The number of carbonyl (C=O) groups is 1. The second kappa shape index (κ2) is 6.89. The first-order valence-corrected chi connectivity index (χ1v) is 7.70. The Balaban J connectivity index is 1.58. The van der Waals surface area contributed by atoms with Gasteiger partial charge in [-0.3, -0.25) is 4.79 Å². The Morgan fingerprint density at radius 2 is 2.26 bits per heavy atom. The molecule has 1 amide bonds. The van der Waals surface area contributed by atoms with Gasteiger partial charge in [-0.25, -0.2) is 0 Å². The average Bonchev–Trinajstić information content (AvgIpc) is 3.17. The van der Waals surface area contributed by atoms with Gasteiger partial charge < -0.3 is 20.3 Å². The molecule has 0 saturated carbocycles. The maximum Gasteiger partial charge on any atom is 0.237 e. The van der Waals surface area contributed by atoms with Crippen LogP contribution in [0, 0.1) is 0 Å². The third kappa shape index (κ3) is 3.94. The molecule has 0 bridgehead atoms. The first-order chi connectivity index (χ1) is 11.1. The Bertz CT molecular complexity index is 658. The zero-order valence-corrected chi connectivity index (χ0v) is 12.9. The highest BCUT2D eigenvalue weighted by Gasteiger charge is 2.29. The number of β-amino-alcohol motifs (C(OH)–C–C–N with tert-alkyl or cyclic N) is 1. The normalized spacial score (nSPS) is 22.0. The van der Waals surface area contributed by atoms with E-state index in [1.54, 1.807) is 6.92 Å². The summed E-state index contributed by atoms with van der Waals surface area (Å²) in [6, 6.07) is 9.13. The van der Waals surface area contributed by atoms with Gasteiger partial charge in [-0.15, -0.1) is 0 Å². The maximum absolute atomic E-state index is 12.1. The fraction of sp³-hybridized carbons (Fsp3) is 0.438. The predicted octanol–water partition coefficient (Wildman–Crippen LogP) is 0.560. The Morgan fingerprint density at radius 1 is 1.48 bits per heavy atom. The predicted molar refractivity (Wildman–Crippen MR) is 82.5 cm³/mol. The van der Waals surface area contributed by atoms with Crippen LogP contribution in [0.2, 0.25) is 0 Å². The molecule has 1 saturated heterocycles. The monoisotopic (exact) mass is 316 g/mol. The summed E-state index contributed by atoms with van der Waals surface area (Å²) in [5.41, 5.74) is 1.09. The molecule has 1 aliphatic rings. The van der Waals surface area contributed by atoms with Gasteiger partial charge in [0, 0.05) is 6.54 Å². The van der Waals surface area contributed by atoms with Crippen LogP contribution < -0.4 is 10.6 Å². The summed E-state index contributed by atoms with van der Waals surface area (Å²) in [4.78, 5) is 16.4. The topological polar surface area (TPSA) is 100 Å². The molecule has 3 rings (SSSR count). The summed E-state index contributed by atoms with van der Waals surface area (Å²) in [5, 5.41) is 19.2. The van der Waals surface area contributed by atoms with Crippen molar-refractivity contribution in [3.8, 4) is 0 Å². The minimum absolute atomic E-state index is 0.163. The van der Waals surface area contributed by atoms with E-state index in [1.807, 2.05) is 30.3 Å². The summed E-state index contributed by atoms with van der Waals surface area (Å²) < 4.78 is 5.25. The van der Waals surface area contributed by atoms with E-state index in [9.17, 15) is 9.90 Å². The number of aliphatic hydroxyl groups excluding tert-OH is 1. The van der Waals surface area contributed by atoms with Crippen LogP contribution in [-0.4, -0.2) is 39.8 Å². The molecule has 3 atom stereocenters. The van der Waals surface area contributed by atoms with Crippen molar-refractivity contribution < 1.29 is 14.4 Å². The summed E-state index contributed by atoms with van der Waals surface area (Å²) in [5.74, 6) is 0.799. The van der Waals surface area contributed by atoms with Crippen molar-refractivity contribution in [2.24, 2.45) is 0 Å². The van der Waals surface area contributed by atoms with Crippen molar-refractivity contribution in [1.29, 1.82) is 0 Å². The molecule has 7 heteroatoms. The third-order valence-corrected chi connectivity index (χ3v) is 3.85. The highest BCUT2D eigenvalue weighted by atomic mass is 16.5. The molecule has 3 N–H and O–H groups in total. The summed E-state index contributed by atoms with van der Waals surface area (Å²) in [7, 11) is 0. The number of aliphatic hydroxyl groups is 1. The lowest BCUT2D eigenvalue weighted by Crippen LogP contribution is -2.41. The fourth-order valence-corrected chi connectivity index (χ4v) is 2.58. The lowest BCUT2D eigenvalue weighted by atomic mass is 10.1. The van der Waals surface area contributed by atoms with Crippen LogP contribution >= 0.6 is 0 Å². The third-order valence-electron chi connectivity index (χ3n) is 3.85. The lowest BCUT2D eigenvalue weighted by molar-refractivity contribution is -0.123. The first kappa shape index (κ1) is 15.6. The van der Waals surface area contributed by atoms with Crippen LogP contribution in [-0.2, 0) is 11.2 Å². The second-order valence-electron chi connectivity index (χ2n) is 5.79. The second-order valence-corrected chi connectivity index (χ2v) is 5.79. The van der Waals surface area contributed by atoms with E-state index in [1.165, 1.54) is 0 Å². The van der Waals surface area contributed by atoms with Gasteiger partial charge in [0.05, 0.1) is 24.6 Å². The SMILES string of the molecule is CC(NC(=O)C1CC(O)CN1)c1noc(Cc2ccccc2)n1. The molecule has 3 unspecified atom stereocenters. The summed E-state index contributed by atoms with van der Waals surface area (Å²) >= 11 is 0.